The van der Waals surface area contributed by atoms with E-state index >= 15 is 0 Å². The summed E-state index contributed by atoms with van der Waals surface area (Å²) < 4.78 is 6.20. The molecule has 0 atom stereocenters. The normalized spacial score (nSPS) is 10.4. The van der Waals surface area contributed by atoms with Crippen molar-refractivity contribution in [3.05, 3.63) is 52.5 Å². The number of hydrogen-bond acceptors (Lipinski definition) is 4. The third kappa shape index (κ3) is 4.02. The summed E-state index contributed by atoms with van der Waals surface area (Å²) in [5, 5.41) is 18.8. The molecule has 0 spiro atoms. The summed E-state index contributed by atoms with van der Waals surface area (Å²) in [6.45, 7) is 0. The highest BCUT2D eigenvalue weighted by Crippen LogP contribution is 2.26. The van der Waals surface area contributed by atoms with E-state index in [1.54, 1.807) is 31.0 Å². The molecule has 0 radical (unpaired) electrons. The highest BCUT2D eigenvalue weighted by atomic mass is 79.9. The van der Waals surface area contributed by atoms with E-state index < -0.39 is 7.12 Å². The molecule has 104 valence electrons. The minimum atomic E-state index is -1.47. The molecule has 6 heteroatoms. The van der Waals surface area contributed by atoms with E-state index in [2.05, 4.69) is 15.9 Å². The average molecular weight is 353 g/mol. The second-order valence-corrected chi connectivity index (χ2v) is 6.15. The maximum atomic E-state index is 9.41. The van der Waals surface area contributed by atoms with E-state index in [-0.39, 0.29) is 0 Å². The largest absolute Gasteiger partial charge is 0.497 e. The first-order chi connectivity index (χ1) is 9.60. The van der Waals surface area contributed by atoms with Crippen molar-refractivity contribution in [1.82, 2.24) is 0 Å². The number of benzene rings is 2. The van der Waals surface area contributed by atoms with Gasteiger partial charge in [-0.2, -0.15) is 0 Å². The first-order valence-electron chi connectivity index (χ1n) is 6.01. The van der Waals surface area contributed by atoms with E-state index in [4.69, 9.17) is 4.74 Å². The SMILES string of the molecule is COc1ccc(B(O)O)c(CSc2cccc(Br)c2)c1. The summed E-state index contributed by atoms with van der Waals surface area (Å²) in [7, 11) is 0.120. The Bertz CT molecular complexity index is 592. The van der Waals surface area contributed by atoms with Crippen LogP contribution in [-0.4, -0.2) is 24.3 Å². The highest BCUT2D eigenvalue weighted by molar-refractivity contribution is 9.10. The van der Waals surface area contributed by atoms with Gasteiger partial charge >= 0.3 is 7.12 Å². The molecule has 2 rings (SSSR count). The lowest BCUT2D eigenvalue weighted by Crippen LogP contribution is -2.32. The third-order valence-corrected chi connectivity index (χ3v) is 4.35. The van der Waals surface area contributed by atoms with Crippen LogP contribution in [0.1, 0.15) is 5.56 Å². The van der Waals surface area contributed by atoms with Crippen molar-refractivity contribution in [2.75, 3.05) is 7.11 Å². The minimum Gasteiger partial charge on any atom is -0.497 e. The van der Waals surface area contributed by atoms with Crippen LogP contribution in [0.15, 0.2) is 51.8 Å². The van der Waals surface area contributed by atoms with Gasteiger partial charge in [-0.3, -0.25) is 0 Å². The first-order valence-corrected chi connectivity index (χ1v) is 7.79. The van der Waals surface area contributed by atoms with E-state index in [9.17, 15) is 10.0 Å². The summed E-state index contributed by atoms with van der Waals surface area (Å²) in [5.41, 5.74) is 1.36. The molecular formula is C14H14BBrO3S. The summed E-state index contributed by atoms with van der Waals surface area (Å²) in [5.74, 6) is 1.35. The smallest absolute Gasteiger partial charge is 0.488 e. The van der Waals surface area contributed by atoms with Crippen LogP contribution in [0.5, 0.6) is 5.75 Å². The molecule has 2 aromatic carbocycles. The summed E-state index contributed by atoms with van der Waals surface area (Å²) in [6.07, 6.45) is 0. The zero-order valence-electron chi connectivity index (χ0n) is 10.9. The van der Waals surface area contributed by atoms with Crippen molar-refractivity contribution in [2.45, 2.75) is 10.6 Å². The topological polar surface area (TPSA) is 49.7 Å². The Kier molecular flexibility index (Phi) is 5.54. The van der Waals surface area contributed by atoms with Crippen LogP contribution in [0.2, 0.25) is 0 Å². The Labute approximate surface area is 131 Å². The van der Waals surface area contributed by atoms with Crippen molar-refractivity contribution < 1.29 is 14.8 Å². The van der Waals surface area contributed by atoms with Gasteiger partial charge in [-0.1, -0.05) is 28.1 Å². The Balaban J connectivity index is 2.19. The Hall–Kier alpha value is -0.945. The summed E-state index contributed by atoms with van der Waals surface area (Å²) in [4.78, 5) is 1.11. The molecule has 0 fully saturated rings. The van der Waals surface area contributed by atoms with Crippen LogP contribution < -0.4 is 10.2 Å². The molecule has 2 N–H and O–H groups in total. The average Bonchev–Trinajstić information content (AvgIpc) is 2.44. The van der Waals surface area contributed by atoms with Crippen LogP contribution in [0.4, 0.5) is 0 Å². The van der Waals surface area contributed by atoms with Gasteiger partial charge in [-0.15, -0.1) is 11.8 Å². The number of thioether (sulfide) groups is 1. The second-order valence-electron chi connectivity index (χ2n) is 4.18. The lowest BCUT2D eigenvalue weighted by molar-refractivity contribution is 0.413. The van der Waals surface area contributed by atoms with Crippen molar-refractivity contribution in [1.29, 1.82) is 0 Å². The zero-order chi connectivity index (χ0) is 14.5. The lowest BCUT2D eigenvalue weighted by Gasteiger charge is -2.11. The molecule has 0 aliphatic rings. The fourth-order valence-electron chi connectivity index (χ4n) is 1.80. The van der Waals surface area contributed by atoms with Gasteiger partial charge in [0.25, 0.3) is 0 Å². The van der Waals surface area contributed by atoms with Gasteiger partial charge in [0.1, 0.15) is 5.75 Å². The molecule has 20 heavy (non-hydrogen) atoms. The molecule has 0 bridgehead atoms. The van der Waals surface area contributed by atoms with Crippen LogP contribution >= 0.6 is 27.7 Å². The Morgan fingerprint density at radius 3 is 2.65 bits per heavy atom. The Morgan fingerprint density at radius 2 is 2.00 bits per heavy atom. The molecule has 0 unspecified atom stereocenters. The van der Waals surface area contributed by atoms with Gasteiger partial charge in [-0.05, 0) is 41.4 Å². The van der Waals surface area contributed by atoms with Crippen molar-refractivity contribution in [3.8, 4) is 5.75 Å². The molecule has 0 heterocycles. The maximum absolute atomic E-state index is 9.41. The summed E-state index contributed by atoms with van der Waals surface area (Å²) in [6, 6.07) is 13.2. The van der Waals surface area contributed by atoms with Gasteiger partial charge < -0.3 is 14.8 Å². The molecule has 0 aliphatic heterocycles. The van der Waals surface area contributed by atoms with E-state index in [0.717, 1.165) is 14.9 Å². The minimum absolute atomic E-state index is 0.508. The summed E-state index contributed by atoms with van der Waals surface area (Å²) >= 11 is 5.07. The fourth-order valence-corrected chi connectivity index (χ4v) is 3.31. The maximum Gasteiger partial charge on any atom is 0.488 e. The van der Waals surface area contributed by atoms with Gasteiger partial charge in [0.2, 0.25) is 0 Å². The van der Waals surface area contributed by atoms with Gasteiger partial charge in [-0.25, -0.2) is 0 Å². The molecule has 2 aromatic rings. The first kappa shape index (κ1) is 15.4. The molecule has 0 aromatic heterocycles. The Morgan fingerprint density at radius 1 is 1.20 bits per heavy atom. The molecular weight excluding hydrogens is 339 g/mol. The third-order valence-electron chi connectivity index (χ3n) is 2.82. The van der Waals surface area contributed by atoms with Gasteiger partial charge in [0.15, 0.2) is 0 Å². The number of ether oxygens (including phenoxy) is 1. The van der Waals surface area contributed by atoms with Crippen molar-refractivity contribution >= 4 is 40.3 Å². The molecule has 0 amide bonds. The predicted octanol–water partition coefficient (Wildman–Crippen LogP) is 2.43. The quantitative estimate of drug-likeness (QED) is 0.641. The van der Waals surface area contributed by atoms with Crippen LogP contribution in [-0.2, 0) is 5.75 Å². The van der Waals surface area contributed by atoms with Crippen LogP contribution in [0.25, 0.3) is 0 Å². The predicted molar refractivity (Wildman–Crippen MR) is 86.5 cm³/mol. The van der Waals surface area contributed by atoms with Crippen molar-refractivity contribution in [3.63, 3.8) is 0 Å². The highest BCUT2D eigenvalue weighted by Gasteiger charge is 2.16. The number of methoxy groups -OCH3 is 1. The standard InChI is InChI=1S/C14H14BBrO3S/c1-19-12-5-6-14(15(17)18)10(7-12)9-20-13-4-2-3-11(16)8-13/h2-8,17-18H,9H2,1H3. The number of rotatable bonds is 5. The molecule has 0 saturated heterocycles. The van der Waals surface area contributed by atoms with Crippen LogP contribution in [0.3, 0.4) is 0 Å². The van der Waals surface area contributed by atoms with E-state index in [0.29, 0.717) is 17.0 Å². The monoisotopic (exact) mass is 352 g/mol. The molecule has 3 nitrogen and oxygen atoms in total. The molecule has 0 saturated carbocycles. The van der Waals surface area contributed by atoms with E-state index in [1.165, 1.54) is 0 Å². The van der Waals surface area contributed by atoms with Gasteiger partial charge in [0.05, 0.1) is 7.11 Å². The molecule has 0 aliphatic carbocycles. The van der Waals surface area contributed by atoms with Gasteiger partial charge in [0, 0.05) is 15.1 Å². The van der Waals surface area contributed by atoms with E-state index in [1.807, 2.05) is 30.3 Å². The number of hydrogen-bond donors (Lipinski definition) is 2. The zero-order valence-corrected chi connectivity index (χ0v) is 13.3. The fraction of sp³-hybridized carbons (Fsp3) is 0.143. The number of halogens is 1. The van der Waals surface area contributed by atoms with Crippen LogP contribution in [0, 0.1) is 0 Å². The second kappa shape index (κ2) is 7.17. The van der Waals surface area contributed by atoms with Crippen molar-refractivity contribution in [2.24, 2.45) is 0 Å². The lowest BCUT2D eigenvalue weighted by atomic mass is 9.77.